The van der Waals surface area contributed by atoms with Gasteiger partial charge in [0.05, 0.1) is 16.8 Å². The van der Waals surface area contributed by atoms with Gasteiger partial charge in [-0.05, 0) is 56.9 Å². The van der Waals surface area contributed by atoms with Crippen molar-refractivity contribution >= 4 is 30.7 Å². The van der Waals surface area contributed by atoms with Gasteiger partial charge in [0.1, 0.15) is 0 Å². The van der Waals surface area contributed by atoms with Gasteiger partial charge in [0.15, 0.2) is 0 Å². The Morgan fingerprint density at radius 1 is 1.22 bits per heavy atom. The van der Waals surface area contributed by atoms with Crippen LogP contribution >= 0.6 is 11.6 Å². The molecule has 0 aromatic heterocycles. The Bertz CT molecular complexity index is 747. The molecule has 1 heterocycles. The predicted octanol–water partition coefficient (Wildman–Crippen LogP) is 4.51. The van der Waals surface area contributed by atoms with E-state index in [0.717, 1.165) is 6.07 Å². The van der Waals surface area contributed by atoms with Crippen LogP contribution < -0.4 is 5.32 Å². The lowest BCUT2D eigenvalue weighted by atomic mass is 9.76. The van der Waals surface area contributed by atoms with Crippen molar-refractivity contribution in [3.05, 3.63) is 39.8 Å². The number of nitrogens with one attached hydrogen (secondary N) is 1. The smallest absolute Gasteiger partial charge is 0.400 e. The number of carbonyl (C=O) groups excluding carboxylic acids is 1. The normalized spacial score (nSPS) is 19.3. The third-order valence-corrected chi connectivity index (χ3v) is 4.99. The minimum atomic E-state index is -4.55. The van der Waals surface area contributed by atoms with Crippen LogP contribution in [0.2, 0.25) is 5.02 Å². The van der Waals surface area contributed by atoms with E-state index in [0.29, 0.717) is 5.47 Å². The van der Waals surface area contributed by atoms with E-state index in [1.807, 2.05) is 27.7 Å². The molecule has 1 N–H and O–H groups in total. The molecule has 0 atom stereocenters. The highest BCUT2D eigenvalue weighted by atomic mass is 35.5. The Balaban J connectivity index is 2.50. The molecule has 1 aliphatic heterocycles. The summed E-state index contributed by atoms with van der Waals surface area (Å²) >= 11 is 5.90. The van der Waals surface area contributed by atoms with Crippen molar-refractivity contribution in [1.29, 1.82) is 0 Å². The highest BCUT2D eigenvalue weighted by Crippen LogP contribution is 2.40. The van der Waals surface area contributed by atoms with Gasteiger partial charge in [-0.25, -0.2) is 0 Å². The zero-order valence-corrected chi connectivity index (χ0v) is 16.6. The van der Waals surface area contributed by atoms with Gasteiger partial charge < -0.3 is 14.6 Å². The highest BCUT2D eigenvalue weighted by Gasteiger charge is 2.52. The lowest BCUT2D eigenvalue weighted by Gasteiger charge is -2.32. The Kier molecular flexibility index (Phi) is 6.04. The summed E-state index contributed by atoms with van der Waals surface area (Å²) in [7, 11) is -0.901. The number of carbonyl (C=O) groups is 1. The molecule has 1 saturated heterocycles. The van der Waals surface area contributed by atoms with Crippen LogP contribution in [-0.2, 0) is 20.3 Å². The third kappa shape index (κ3) is 5.06. The standard InChI is InChI=1S/C18H22BClF3NO3/c1-11(25)24-10-13(19-26-16(2,3)17(4,5)27-19)8-12-9-14(20)6-7-15(12)18(21,22)23/h6-9H,10H2,1-5H3,(H,24,25). The lowest BCUT2D eigenvalue weighted by molar-refractivity contribution is -0.137. The van der Waals surface area contributed by atoms with Crippen molar-refractivity contribution in [3.8, 4) is 0 Å². The Hall–Kier alpha value is -1.51. The van der Waals surface area contributed by atoms with E-state index in [-0.39, 0.29) is 23.0 Å². The van der Waals surface area contributed by atoms with Gasteiger partial charge >= 0.3 is 13.3 Å². The van der Waals surface area contributed by atoms with Crippen LogP contribution in [0.25, 0.3) is 6.08 Å². The summed E-state index contributed by atoms with van der Waals surface area (Å²) in [5.41, 5.74) is -1.94. The van der Waals surface area contributed by atoms with Gasteiger partial charge in [0.25, 0.3) is 0 Å². The van der Waals surface area contributed by atoms with E-state index in [4.69, 9.17) is 20.9 Å². The van der Waals surface area contributed by atoms with Crippen LogP contribution in [0.15, 0.2) is 23.7 Å². The summed E-state index contributed by atoms with van der Waals surface area (Å²) in [6.07, 6.45) is -3.24. The van der Waals surface area contributed by atoms with Crippen LogP contribution in [0.4, 0.5) is 13.2 Å². The first-order valence-corrected chi connectivity index (χ1v) is 8.78. The zero-order chi connectivity index (χ0) is 20.6. The van der Waals surface area contributed by atoms with Gasteiger partial charge in [-0.1, -0.05) is 17.7 Å². The molecule has 0 radical (unpaired) electrons. The number of halogens is 4. The van der Waals surface area contributed by atoms with E-state index in [9.17, 15) is 18.0 Å². The number of benzene rings is 1. The summed E-state index contributed by atoms with van der Waals surface area (Å²) < 4.78 is 52.0. The van der Waals surface area contributed by atoms with Crippen LogP contribution in [0.5, 0.6) is 0 Å². The van der Waals surface area contributed by atoms with Gasteiger partial charge in [-0.2, -0.15) is 13.2 Å². The number of rotatable bonds is 4. The van der Waals surface area contributed by atoms with Crippen molar-refractivity contribution in [2.75, 3.05) is 6.54 Å². The second-order valence-electron chi connectivity index (χ2n) is 7.45. The minimum absolute atomic E-state index is 0.0179. The number of hydrogen-bond acceptors (Lipinski definition) is 3. The zero-order valence-electron chi connectivity index (χ0n) is 15.8. The molecular formula is C18H22BClF3NO3. The Labute approximate surface area is 162 Å². The molecule has 0 aliphatic carbocycles. The topological polar surface area (TPSA) is 47.6 Å². The molecule has 0 unspecified atom stereocenters. The molecule has 1 aromatic rings. The fraction of sp³-hybridized carbons (Fsp3) is 0.500. The van der Waals surface area contributed by atoms with E-state index in [2.05, 4.69) is 5.32 Å². The molecule has 0 spiro atoms. The SMILES string of the molecule is CC(=O)NCC(=Cc1cc(Cl)ccc1C(F)(F)F)B1OC(C)(C)C(C)(C)O1. The maximum absolute atomic E-state index is 13.4. The molecule has 1 fully saturated rings. The first kappa shape index (κ1) is 21.8. The monoisotopic (exact) mass is 403 g/mol. The number of alkyl halides is 3. The number of amides is 1. The minimum Gasteiger partial charge on any atom is -0.400 e. The average molecular weight is 404 g/mol. The molecule has 0 bridgehead atoms. The molecule has 1 aliphatic rings. The Morgan fingerprint density at radius 2 is 1.78 bits per heavy atom. The summed E-state index contributed by atoms with van der Waals surface area (Å²) in [6.45, 7) is 8.65. The third-order valence-electron chi connectivity index (χ3n) is 4.76. The van der Waals surface area contributed by atoms with Gasteiger partial charge in [-0.15, -0.1) is 0 Å². The second-order valence-corrected chi connectivity index (χ2v) is 7.88. The van der Waals surface area contributed by atoms with Gasteiger partial charge in [0.2, 0.25) is 5.91 Å². The van der Waals surface area contributed by atoms with Gasteiger partial charge in [0, 0.05) is 18.5 Å². The van der Waals surface area contributed by atoms with Crippen molar-refractivity contribution in [2.24, 2.45) is 0 Å². The molecule has 1 amide bonds. The van der Waals surface area contributed by atoms with Crippen molar-refractivity contribution in [1.82, 2.24) is 5.32 Å². The fourth-order valence-electron chi connectivity index (χ4n) is 2.53. The summed E-state index contributed by atoms with van der Waals surface area (Å²) in [6, 6.07) is 3.34. The van der Waals surface area contributed by atoms with E-state index >= 15 is 0 Å². The van der Waals surface area contributed by atoms with E-state index in [1.165, 1.54) is 25.1 Å². The second kappa shape index (κ2) is 7.49. The first-order chi connectivity index (χ1) is 12.2. The largest absolute Gasteiger partial charge is 0.492 e. The van der Waals surface area contributed by atoms with Crippen molar-refractivity contribution in [3.63, 3.8) is 0 Å². The molecule has 27 heavy (non-hydrogen) atoms. The van der Waals surface area contributed by atoms with Crippen molar-refractivity contribution < 1.29 is 27.3 Å². The summed E-state index contributed by atoms with van der Waals surface area (Å²) in [5, 5.41) is 2.76. The maximum Gasteiger partial charge on any atom is 0.492 e. The van der Waals surface area contributed by atoms with E-state index in [1.54, 1.807) is 0 Å². The van der Waals surface area contributed by atoms with E-state index < -0.39 is 30.1 Å². The molecule has 4 nitrogen and oxygen atoms in total. The quantitative estimate of drug-likeness (QED) is 0.753. The van der Waals surface area contributed by atoms with Gasteiger partial charge in [-0.3, -0.25) is 4.79 Å². The predicted molar refractivity (Wildman–Crippen MR) is 99.2 cm³/mol. The summed E-state index contributed by atoms with van der Waals surface area (Å²) in [5.74, 6) is -0.320. The molecule has 148 valence electrons. The maximum atomic E-state index is 13.4. The van der Waals surface area contributed by atoms with Crippen LogP contribution in [0, 0.1) is 0 Å². The molecular weight excluding hydrogens is 381 g/mol. The highest BCUT2D eigenvalue weighted by molar-refractivity contribution is 6.56. The van der Waals surface area contributed by atoms with Crippen molar-refractivity contribution in [2.45, 2.75) is 52.0 Å². The molecule has 2 rings (SSSR count). The molecule has 1 aromatic carbocycles. The average Bonchev–Trinajstić information content (AvgIpc) is 2.70. The molecule has 0 saturated carbocycles. The molecule has 9 heteroatoms. The Morgan fingerprint density at radius 3 is 2.26 bits per heavy atom. The lowest BCUT2D eigenvalue weighted by Crippen LogP contribution is -2.41. The van der Waals surface area contributed by atoms with Crippen LogP contribution in [0.3, 0.4) is 0 Å². The first-order valence-electron chi connectivity index (χ1n) is 8.40. The fourth-order valence-corrected chi connectivity index (χ4v) is 2.71. The van der Waals surface area contributed by atoms with Crippen LogP contribution in [-0.4, -0.2) is 30.8 Å². The summed E-state index contributed by atoms with van der Waals surface area (Å²) in [4.78, 5) is 11.3. The number of hydrogen-bond donors (Lipinski definition) is 1. The van der Waals surface area contributed by atoms with Crippen LogP contribution in [0.1, 0.15) is 45.7 Å².